The van der Waals surface area contributed by atoms with E-state index < -0.39 is 84.2 Å². The summed E-state index contributed by atoms with van der Waals surface area (Å²) in [5.41, 5.74) is 11.3. The number of rotatable bonds is 16. The first-order valence-corrected chi connectivity index (χ1v) is 13.0. The third kappa shape index (κ3) is 11.4. The van der Waals surface area contributed by atoms with Crippen molar-refractivity contribution in [2.75, 3.05) is 0 Å². The molecule has 0 unspecified atom stereocenters. The van der Waals surface area contributed by atoms with Crippen LogP contribution >= 0.6 is 0 Å². The van der Waals surface area contributed by atoms with Gasteiger partial charge in [0.15, 0.2) is 0 Å². The minimum Gasteiger partial charge on any atom is -0.508 e. The summed E-state index contributed by atoms with van der Waals surface area (Å²) < 4.78 is 0. The summed E-state index contributed by atoms with van der Waals surface area (Å²) in [6.45, 7) is 6.04. The highest BCUT2D eigenvalue weighted by Crippen LogP contribution is 2.12. The Labute approximate surface area is 237 Å². The molecule has 0 saturated heterocycles. The lowest BCUT2D eigenvalue weighted by atomic mass is 9.97. The maximum Gasteiger partial charge on any atom is 0.326 e. The van der Waals surface area contributed by atoms with Crippen molar-refractivity contribution in [2.24, 2.45) is 17.4 Å². The molecule has 0 aliphatic heterocycles. The molecule has 0 aromatic heterocycles. The van der Waals surface area contributed by atoms with Crippen molar-refractivity contribution in [3.05, 3.63) is 29.8 Å². The van der Waals surface area contributed by atoms with Crippen LogP contribution in [0.1, 0.15) is 46.1 Å². The van der Waals surface area contributed by atoms with Gasteiger partial charge in [-0.05, 0) is 37.5 Å². The monoisotopic (exact) mass is 580 g/mol. The van der Waals surface area contributed by atoms with Crippen molar-refractivity contribution in [1.82, 2.24) is 21.3 Å². The number of nitrogens with two attached hydrogens (primary N) is 2. The van der Waals surface area contributed by atoms with Gasteiger partial charge in [0.1, 0.15) is 36.0 Å². The second-order valence-corrected chi connectivity index (χ2v) is 9.87. The fourth-order valence-electron chi connectivity index (χ4n) is 3.59. The molecule has 0 heterocycles. The lowest BCUT2D eigenvalue weighted by Crippen LogP contribution is -2.59. The Bertz CT molecular complexity index is 1100. The standard InChI is InChI=1S/C26H40N6O9/c1-5-12(2)21(25(39)31-18(26(40)41)11-19(27)35)32-22(36)13(3)29-23(37)17(30-24(38)20(28)14(4)33)10-15-6-8-16(34)9-7-15/h6-9,12-14,17-18,20-21,33-34H,5,10-11,28H2,1-4H3,(H2,27,35)(H,29,37)(H,30,38)(H,31,39)(H,32,36)(H,40,41)/t12-,13-,14+,17-,18-,20-,21-/m0/s1. The van der Waals surface area contributed by atoms with Crippen molar-refractivity contribution in [1.29, 1.82) is 0 Å². The number of aliphatic hydroxyl groups is 1. The Kier molecular flexibility index (Phi) is 13.7. The van der Waals surface area contributed by atoms with Crippen LogP contribution in [0.2, 0.25) is 0 Å². The topological polar surface area (TPSA) is 263 Å². The summed E-state index contributed by atoms with van der Waals surface area (Å²) in [4.78, 5) is 74.1. The molecule has 1 rings (SSSR count). The molecule has 5 amide bonds. The summed E-state index contributed by atoms with van der Waals surface area (Å²) in [5, 5.41) is 38.1. The van der Waals surface area contributed by atoms with Crippen LogP contribution in [0.3, 0.4) is 0 Å². The molecule has 1 aromatic rings. The Balaban J connectivity index is 3.05. The number of nitrogens with one attached hydrogen (secondary N) is 4. The normalized spacial score (nSPS) is 16.0. The van der Waals surface area contributed by atoms with Gasteiger partial charge in [0.05, 0.1) is 12.5 Å². The molecule has 0 bridgehead atoms. The molecule has 0 aliphatic carbocycles. The molecule has 1 aromatic carbocycles. The van der Waals surface area contributed by atoms with Crippen LogP contribution in [0.5, 0.6) is 5.75 Å². The number of carbonyl (C=O) groups excluding carboxylic acids is 5. The molecule has 41 heavy (non-hydrogen) atoms. The fourth-order valence-corrected chi connectivity index (χ4v) is 3.59. The van der Waals surface area contributed by atoms with Gasteiger partial charge in [-0.2, -0.15) is 0 Å². The maximum absolute atomic E-state index is 13.1. The van der Waals surface area contributed by atoms with Crippen LogP contribution in [-0.2, 0) is 35.2 Å². The molecule has 0 aliphatic rings. The van der Waals surface area contributed by atoms with Gasteiger partial charge in [-0.25, -0.2) is 4.79 Å². The Morgan fingerprint density at radius 3 is 1.88 bits per heavy atom. The number of aliphatic hydroxyl groups excluding tert-OH is 1. The van der Waals surface area contributed by atoms with Crippen molar-refractivity contribution < 1.29 is 44.1 Å². The van der Waals surface area contributed by atoms with E-state index in [2.05, 4.69) is 21.3 Å². The molecule has 11 N–H and O–H groups in total. The Morgan fingerprint density at radius 2 is 1.39 bits per heavy atom. The Morgan fingerprint density at radius 1 is 0.829 bits per heavy atom. The van der Waals surface area contributed by atoms with Crippen LogP contribution in [0, 0.1) is 5.92 Å². The summed E-state index contributed by atoms with van der Waals surface area (Å²) in [6, 6.07) is -0.738. The van der Waals surface area contributed by atoms with Gasteiger partial charge in [-0.1, -0.05) is 32.4 Å². The summed E-state index contributed by atoms with van der Waals surface area (Å²) in [6.07, 6.45) is -1.49. The minimum atomic E-state index is -1.60. The van der Waals surface area contributed by atoms with Crippen LogP contribution in [0.4, 0.5) is 0 Å². The zero-order valence-corrected chi connectivity index (χ0v) is 23.4. The molecule has 0 fully saturated rings. The van der Waals surface area contributed by atoms with Gasteiger partial charge in [-0.3, -0.25) is 24.0 Å². The number of carbonyl (C=O) groups is 6. The molecule has 0 radical (unpaired) electrons. The number of hydrogen-bond acceptors (Lipinski definition) is 9. The van der Waals surface area contributed by atoms with Crippen molar-refractivity contribution >= 4 is 35.5 Å². The quantitative estimate of drug-likeness (QED) is 0.100. The van der Waals surface area contributed by atoms with E-state index in [1.54, 1.807) is 13.8 Å². The van der Waals surface area contributed by atoms with E-state index in [0.717, 1.165) is 0 Å². The largest absolute Gasteiger partial charge is 0.508 e. The second-order valence-electron chi connectivity index (χ2n) is 9.87. The fraction of sp³-hybridized carbons (Fsp3) is 0.538. The highest BCUT2D eigenvalue weighted by molar-refractivity contribution is 5.96. The minimum absolute atomic E-state index is 0.00981. The molecule has 7 atom stereocenters. The summed E-state index contributed by atoms with van der Waals surface area (Å²) >= 11 is 0. The smallest absolute Gasteiger partial charge is 0.326 e. The summed E-state index contributed by atoms with van der Waals surface area (Å²) in [7, 11) is 0. The second kappa shape index (κ2) is 16.1. The number of aromatic hydroxyl groups is 1. The van der Waals surface area contributed by atoms with Gasteiger partial charge in [0.25, 0.3) is 0 Å². The van der Waals surface area contributed by atoms with Crippen LogP contribution < -0.4 is 32.7 Å². The maximum atomic E-state index is 13.1. The number of benzene rings is 1. The number of carboxylic acids is 1. The van der Waals surface area contributed by atoms with E-state index in [0.29, 0.717) is 12.0 Å². The van der Waals surface area contributed by atoms with Gasteiger partial charge < -0.3 is 48.1 Å². The van der Waals surface area contributed by atoms with Gasteiger partial charge in [0.2, 0.25) is 29.5 Å². The predicted octanol–water partition coefficient (Wildman–Crippen LogP) is -2.39. The van der Waals surface area contributed by atoms with Crippen LogP contribution in [-0.4, -0.2) is 87.1 Å². The molecule has 15 heteroatoms. The number of phenols is 1. The molecular weight excluding hydrogens is 540 g/mol. The Hall–Kier alpha value is -4.24. The molecular formula is C26H40N6O9. The molecule has 0 spiro atoms. The molecule has 228 valence electrons. The SMILES string of the molecule is CC[C@H](C)[C@H](NC(=O)[C@H](C)NC(=O)[C@H](Cc1ccc(O)cc1)NC(=O)[C@@H](N)[C@@H](C)O)C(=O)N[C@@H](CC(N)=O)C(=O)O. The highest BCUT2D eigenvalue weighted by atomic mass is 16.4. The van der Waals surface area contributed by atoms with Crippen molar-refractivity contribution in [3.63, 3.8) is 0 Å². The van der Waals surface area contributed by atoms with Crippen molar-refractivity contribution in [2.45, 2.75) is 83.3 Å². The number of primary amides is 1. The first-order chi connectivity index (χ1) is 19.1. The van der Waals surface area contributed by atoms with E-state index in [4.69, 9.17) is 11.5 Å². The number of hydrogen-bond donors (Lipinski definition) is 9. The van der Waals surface area contributed by atoms with Gasteiger partial charge in [0, 0.05) is 6.42 Å². The zero-order valence-electron chi connectivity index (χ0n) is 23.4. The van der Waals surface area contributed by atoms with E-state index in [1.165, 1.54) is 38.1 Å². The third-order valence-corrected chi connectivity index (χ3v) is 6.40. The highest BCUT2D eigenvalue weighted by Gasteiger charge is 2.33. The number of aliphatic carboxylic acids is 1. The average molecular weight is 581 g/mol. The summed E-state index contributed by atoms with van der Waals surface area (Å²) in [5.74, 6) is -6.12. The number of phenolic OH excluding ortho intramolecular Hbond substituents is 1. The van der Waals surface area contributed by atoms with E-state index >= 15 is 0 Å². The van der Waals surface area contributed by atoms with Crippen LogP contribution in [0.25, 0.3) is 0 Å². The molecule has 0 saturated carbocycles. The van der Waals surface area contributed by atoms with E-state index in [1.807, 2.05) is 0 Å². The lowest BCUT2D eigenvalue weighted by Gasteiger charge is -2.27. The van der Waals surface area contributed by atoms with Crippen LogP contribution in [0.15, 0.2) is 24.3 Å². The number of carboxylic acid groups (broad SMARTS) is 1. The lowest BCUT2D eigenvalue weighted by molar-refractivity contribution is -0.144. The van der Waals surface area contributed by atoms with Gasteiger partial charge >= 0.3 is 5.97 Å². The van der Waals surface area contributed by atoms with E-state index in [-0.39, 0.29) is 12.2 Å². The van der Waals surface area contributed by atoms with Crippen molar-refractivity contribution in [3.8, 4) is 5.75 Å². The third-order valence-electron chi connectivity index (χ3n) is 6.40. The predicted molar refractivity (Wildman–Crippen MR) is 146 cm³/mol. The van der Waals surface area contributed by atoms with E-state index in [9.17, 15) is 44.1 Å². The first-order valence-electron chi connectivity index (χ1n) is 13.0. The number of amides is 5. The van der Waals surface area contributed by atoms with Gasteiger partial charge in [-0.15, -0.1) is 0 Å². The average Bonchev–Trinajstić information content (AvgIpc) is 2.90. The molecule has 15 nitrogen and oxygen atoms in total. The first kappa shape index (κ1) is 34.8. The zero-order chi connectivity index (χ0) is 31.4.